The number of halogens is 3. The molecule has 0 unspecified atom stereocenters. The fraction of sp³-hybridized carbons (Fsp3) is 0.562. The molecule has 0 spiro atoms. The van der Waals surface area contributed by atoms with Gasteiger partial charge in [-0.25, -0.2) is 0 Å². The second-order valence-electron chi connectivity index (χ2n) is 6.35. The largest absolute Gasteiger partial charge is 0.484 e. The van der Waals surface area contributed by atoms with Gasteiger partial charge in [0.15, 0.2) is 6.61 Å². The van der Waals surface area contributed by atoms with Crippen LogP contribution in [0.4, 0.5) is 13.2 Å². The van der Waals surface area contributed by atoms with Gasteiger partial charge in [-0.15, -0.1) is 0 Å². The molecule has 1 aliphatic heterocycles. The van der Waals surface area contributed by atoms with Gasteiger partial charge >= 0.3 is 12.1 Å². The van der Waals surface area contributed by atoms with E-state index in [2.05, 4.69) is 4.90 Å². The molecule has 1 aromatic carbocycles. The van der Waals surface area contributed by atoms with E-state index in [0.29, 0.717) is 18.4 Å². The average molecular weight is 329 g/mol. The van der Waals surface area contributed by atoms with E-state index < -0.39 is 18.8 Å². The van der Waals surface area contributed by atoms with Crippen LogP contribution < -0.4 is 4.74 Å². The zero-order valence-corrected chi connectivity index (χ0v) is 12.4. The first-order valence-electron chi connectivity index (χ1n) is 7.55. The van der Waals surface area contributed by atoms with Crippen LogP contribution in [-0.2, 0) is 11.3 Å². The number of nitrogens with zero attached hydrogens (tertiary/aromatic N) is 1. The standard InChI is InChI=1S/C16H18F3NO3/c17-16(18,19)9-23-12-3-1-2-10(4-12)6-20-7-11(8-20)13-5-14(13)15(21)22/h1-4,11,13-14H,5-9H2,(H,21,22)/t13-,14+/m0/s1. The second kappa shape index (κ2) is 6.03. The van der Waals surface area contributed by atoms with Crippen LogP contribution in [-0.4, -0.2) is 41.8 Å². The molecule has 1 aromatic rings. The van der Waals surface area contributed by atoms with E-state index in [1.54, 1.807) is 12.1 Å². The minimum Gasteiger partial charge on any atom is -0.484 e. The number of carboxylic acid groups (broad SMARTS) is 1. The van der Waals surface area contributed by atoms with Crippen molar-refractivity contribution in [2.75, 3.05) is 19.7 Å². The summed E-state index contributed by atoms with van der Waals surface area (Å²) in [5.74, 6) is 0.0557. The molecule has 2 fully saturated rings. The number of carboxylic acids is 1. The van der Waals surface area contributed by atoms with Gasteiger partial charge in [0, 0.05) is 19.6 Å². The van der Waals surface area contributed by atoms with E-state index in [1.165, 1.54) is 6.07 Å². The average Bonchev–Trinajstić information content (AvgIpc) is 3.20. The number of likely N-dealkylation sites (tertiary alicyclic amines) is 1. The lowest BCUT2D eigenvalue weighted by molar-refractivity contribution is -0.153. The summed E-state index contributed by atoms with van der Waals surface area (Å²) in [4.78, 5) is 13.0. The predicted molar refractivity (Wildman–Crippen MR) is 76.0 cm³/mol. The van der Waals surface area contributed by atoms with Crippen molar-refractivity contribution >= 4 is 5.97 Å². The number of hydrogen-bond acceptors (Lipinski definition) is 3. The lowest BCUT2D eigenvalue weighted by atomic mass is 9.92. The van der Waals surface area contributed by atoms with Crippen molar-refractivity contribution in [3.63, 3.8) is 0 Å². The molecule has 3 rings (SSSR count). The molecule has 2 aliphatic rings. The van der Waals surface area contributed by atoms with E-state index in [9.17, 15) is 18.0 Å². The molecule has 4 nitrogen and oxygen atoms in total. The maximum Gasteiger partial charge on any atom is 0.422 e. The van der Waals surface area contributed by atoms with E-state index in [-0.39, 0.29) is 11.7 Å². The Bertz CT molecular complexity index is 584. The van der Waals surface area contributed by atoms with Crippen LogP contribution in [0.25, 0.3) is 0 Å². The minimum absolute atomic E-state index is 0.179. The first-order valence-corrected chi connectivity index (χ1v) is 7.55. The Kier molecular flexibility index (Phi) is 4.23. The molecule has 126 valence electrons. The molecule has 7 heteroatoms. The monoisotopic (exact) mass is 329 g/mol. The highest BCUT2D eigenvalue weighted by molar-refractivity contribution is 5.73. The lowest BCUT2D eigenvalue weighted by Gasteiger charge is -2.39. The third-order valence-electron chi connectivity index (χ3n) is 4.46. The Morgan fingerprint density at radius 1 is 1.35 bits per heavy atom. The lowest BCUT2D eigenvalue weighted by Crippen LogP contribution is -2.47. The molecule has 1 N–H and O–H groups in total. The van der Waals surface area contributed by atoms with Crippen molar-refractivity contribution in [1.82, 2.24) is 4.90 Å². The van der Waals surface area contributed by atoms with Gasteiger partial charge in [0.25, 0.3) is 0 Å². The molecular weight excluding hydrogens is 311 g/mol. The highest BCUT2D eigenvalue weighted by atomic mass is 19.4. The Morgan fingerprint density at radius 3 is 2.70 bits per heavy atom. The number of carbonyl (C=O) groups is 1. The van der Waals surface area contributed by atoms with E-state index in [0.717, 1.165) is 25.1 Å². The van der Waals surface area contributed by atoms with Crippen molar-refractivity contribution in [1.29, 1.82) is 0 Å². The SMILES string of the molecule is O=C(O)[C@@H]1C[C@H]1C1CN(Cc2cccc(OCC(F)(F)F)c2)C1. The third-order valence-corrected chi connectivity index (χ3v) is 4.46. The first kappa shape index (κ1) is 16.1. The summed E-state index contributed by atoms with van der Waals surface area (Å²) in [6.07, 6.45) is -3.57. The van der Waals surface area contributed by atoms with Crippen LogP contribution in [0.2, 0.25) is 0 Å². The summed E-state index contributed by atoms with van der Waals surface area (Å²) >= 11 is 0. The summed E-state index contributed by atoms with van der Waals surface area (Å²) < 4.78 is 41.2. The van der Waals surface area contributed by atoms with Gasteiger partial charge in [0.05, 0.1) is 5.92 Å². The summed E-state index contributed by atoms with van der Waals surface area (Å²) in [5.41, 5.74) is 0.897. The summed E-state index contributed by atoms with van der Waals surface area (Å²) in [5, 5.41) is 8.92. The van der Waals surface area contributed by atoms with Crippen LogP contribution in [0.3, 0.4) is 0 Å². The molecular formula is C16H18F3NO3. The zero-order valence-electron chi connectivity index (χ0n) is 12.4. The number of benzene rings is 1. The second-order valence-corrected chi connectivity index (χ2v) is 6.35. The summed E-state index contributed by atoms with van der Waals surface area (Å²) in [6, 6.07) is 6.66. The third kappa shape index (κ3) is 4.16. The van der Waals surface area contributed by atoms with Crippen molar-refractivity contribution in [2.24, 2.45) is 17.8 Å². The molecule has 0 amide bonds. The predicted octanol–water partition coefficient (Wildman–Crippen LogP) is 2.78. The topological polar surface area (TPSA) is 49.8 Å². The highest BCUT2D eigenvalue weighted by Gasteiger charge is 2.51. The van der Waals surface area contributed by atoms with Crippen molar-refractivity contribution in [3.8, 4) is 5.75 Å². The van der Waals surface area contributed by atoms with Gasteiger partial charge in [0.2, 0.25) is 0 Å². The van der Waals surface area contributed by atoms with Gasteiger partial charge in [-0.3, -0.25) is 9.69 Å². The van der Waals surface area contributed by atoms with Crippen molar-refractivity contribution in [2.45, 2.75) is 19.1 Å². The molecule has 0 aromatic heterocycles. The van der Waals surface area contributed by atoms with E-state index in [4.69, 9.17) is 9.84 Å². The number of alkyl halides is 3. The molecule has 0 radical (unpaired) electrons. The van der Waals surface area contributed by atoms with Crippen LogP contribution in [0, 0.1) is 17.8 Å². The Labute approximate surface area is 131 Å². The highest BCUT2D eigenvalue weighted by Crippen LogP contribution is 2.47. The number of ether oxygens (including phenoxy) is 1. The number of rotatable bonds is 6. The van der Waals surface area contributed by atoms with E-state index >= 15 is 0 Å². The van der Waals surface area contributed by atoms with Crippen LogP contribution in [0.5, 0.6) is 5.75 Å². The van der Waals surface area contributed by atoms with Crippen LogP contribution in [0.1, 0.15) is 12.0 Å². The van der Waals surface area contributed by atoms with Gasteiger partial charge < -0.3 is 9.84 Å². The smallest absolute Gasteiger partial charge is 0.422 e. The minimum atomic E-state index is -4.34. The number of aliphatic carboxylic acids is 1. The summed E-state index contributed by atoms with van der Waals surface area (Å²) in [6.45, 7) is 1.05. The van der Waals surface area contributed by atoms with Crippen LogP contribution in [0.15, 0.2) is 24.3 Å². The Balaban J connectivity index is 1.46. The quantitative estimate of drug-likeness (QED) is 0.872. The Morgan fingerprint density at radius 2 is 2.09 bits per heavy atom. The normalized spacial score (nSPS) is 25.0. The molecule has 1 saturated heterocycles. The molecule has 23 heavy (non-hydrogen) atoms. The summed E-state index contributed by atoms with van der Waals surface area (Å²) in [7, 11) is 0. The van der Waals surface area contributed by atoms with Crippen LogP contribution >= 0.6 is 0 Å². The zero-order chi connectivity index (χ0) is 16.6. The molecule has 1 aliphatic carbocycles. The maximum absolute atomic E-state index is 12.2. The molecule has 0 bridgehead atoms. The first-order chi connectivity index (χ1) is 10.8. The van der Waals surface area contributed by atoms with Crippen molar-refractivity contribution < 1.29 is 27.8 Å². The van der Waals surface area contributed by atoms with Gasteiger partial charge in [-0.2, -0.15) is 13.2 Å². The van der Waals surface area contributed by atoms with Gasteiger partial charge in [-0.1, -0.05) is 12.1 Å². The maximum atomic E-state index is 12.2. The fourth-order valence-electron chi connectivity index (χ4n) is 3.19. The number of hydrogen-bond donors (Lipinski definition) is 1. The molecule has 1 saturated carbocycles. The molecule has 2 atom stereocenters. The Hall–Kier alpha value is -1.76. The molecule has 1 heterocycles. The van der Waals surface area contributed by atoms with Gasteiger partial charge in [-0.05, 0) is 36.0 Å². The van der Waals surface area contributed by atoms with E-state index in [1.807, 2.05) is 6.07 Å². The fourth-order valence-corrected chi connectivity index (χ4v) is 3.19. The van der Waals surface area contributed by atoms with Crippen molar-refractivity contribution in [3.05, 3.63) is 29.8 Å². The van der Waals surface area contributed by atoms with Gasteiger partial charge in [0.1, 0.15) is 5.75 Å².